The Labute approximate surface area is 54.0 Å². The van der Waals surface area contributed by atoms with Gasteiger partial charge in [0.2, 0.25) is 0 Å². The highest BCUT2D eigenvalue weighted by atomic mass is 13.7. The van der Waals surface area contributed by atoms with Crippen molar-refractivity contribution in [2.75, 3.05) is 0 Å². The summed E-state index contributed by atoms with van der Waals surface area (Å²) in [4.78, 5) is 0. The van der Waals surface area contributed by atoms with Gasteiger partial charge in [0.25, 0.3) is 0 Å². The molecule has 0 aromatic carbocycles. The van der Waals surface area contributed by atoms with Crippen LogP contribution in [0.2, 0.25) is 0 Å². The molecule has 0 spiro atoms. The van der Waals surface area contributed by atoms with Crippen molar-refractivity contribution in [2.24, 2.45) is 0 Å². The summed E-state index contributed by atoms with van der Waals surface area (Å²) in [6, 6.07) is 0. The van der Waals surface area contributed by atoms with E-state index in [-0.39, 0.29) is 6.53 Å². The summed E-state index contributed by atoms with van der Waals surface area (Å²) < 4.78 is 13.4. The Bertz CT molecular complexity index is 151. The average molecular weight is 110 g/mol. The smallest absolute Gasteiger partial charge is 0.0538 e. The SMILES string of the molecule is [2H]C([2H])=CC=CC=CCC. The molecule has 0 amide bonds. The fourth-order valence-corrected chi connectivity index (χ4v) is 0.334. The Morgan fingerprint density at radius 3 is 3.00 bits per heavy atom. The predicted octanol–water partition coefficient (Wildman–Crippen LogP) is 2.69. The zero-order valence-corrected chi connectivity index (χ0v) is 5.09. The number of hydrogen-bond acceptors (Lipinski definition) is 0. The molecule has 0 saturated carbocycles. The molecule has 0 radical (unpaired) electrons. The minimum Gasteiger partial charge on any atom is -0.0991 e. The van der Waals surface area contributed by atoms with Crippen molar-refractivity contribution in [1.29, 1.82) is 0 Å². The number of rotatable bonds is 3. The van der Waals surface area contributed by atoms with Gasteiger partial charge in [-0.15, -0.1) is 0 Å². The fourth-order valence-electron chi connectivity index (χ4n) is 0.334. The predicted molar refractivity (Wildman–Crippen MR) is 38.8 cm³/mol. The van der Waals surface area contributed by atoms with Crippen LogP contribution < -0.4 is 0 Å². The third-order valence-corrected chi connectivity index (χ3v) is 0.690. The molecular formula is C8H12. The van der Waals surface area contributed by atoms with Gasteiger partial charge < -0.3 is 0 Å². The second-order valence-electron chi connectivity index (χ2n) is 1.39. The van der Waals surface area contributed by atoms with E-state index < -0.39 is 0 Å². The maximum Gasteiger partial charge on any atom is 0.0538 e. The van der Waals surface area contributed by atoms with E-state index in [4.69, 9.17) is 2.74 Å². The van der Waals surface area contributed by atoms with Crippen LogP contribution in [-0.4, -0.2) is 0 Å². The fraction of sp³-hybridized carbons (Fsp3) is 0.250. The largest absolute Gasteiger partial charge is 0.0991 e. The van der Waals surface area contributed by atoms with Crippen molar-refractivity contribution in [1.82, 2.24) is 0 Å². The summed E-state index contributed by atoms with van der Waals surface area (Å²) >= 11 is 0. The molecule has 0 aliphatic heterocycles. The van der Waals surface area contributed by atoms with Gasteiger partial charge in [-0.1, -0.05) is 43.8 Å². The molecule has 0 N–H and O–H groups in total. The van der Waals surface area contributed by atoms with Gasteiger partial charge >= 0.3 is 0 Å². The molecule has 0 aliphatic carbocycles. The lowest BCUT2D eigenvalue weighted by molar-refractivity contribution is 1.22. The normalized spacial score (nSPS) is 14.1. The summed E-state index contributed by atoms with van der Waals surface area (Å²) in [5.74, 6) is 0. The van der Waals surface area contributed by atoms with E-state index in [0.717, 1.165) is 6.42 Å². The lowest BCUT2D eigenvalue weighted by Crippen LogP contribution is -1.49. The van der Waals surface area contributed by atoms with Gasteiger partial charge in [-0.05, 0) is 6.42 Å². The first kappa shape index (κ1) is 4.13. The third-order valence-electron chi connectivity index (χ3n) is 0.690. The quantitative estimate of drug-likeness (QED) is 0.490. The number of allylic oxidation sites excluding steroid dienone is 5. The van der Waals surface area contributed by atoms with Crippen LogP contribution in [0.5, 0.6) is 0 Å². The average Bonchev–Trinajstić information content (AvgIpc) is 1.87. The molecule has 8 heavy (non-hydrogen) atoms. The van der Waals surface area contributed by atoms with E-state index >= 15 is 0 Å². The zero-order valence-electron chi connectivity index (χ0n) is 7.09. The molecule has 0 fully saturated rings. The number of hydrogen-bond donors (Lipinski definition) is 0. The van der Waals surface area contributed by atoms with Crippen LogP contribution in [0.3, 0.4) is 0 Å². The summed E-state index contributed by atoms with van der Waals surface area (Å²) in [5.41, 5.74) is 0. The molecular weight excluding hydrogens is 96.1 g/mol. The van der Waals surface area contributed by atoms with Gasteiger partial charge in [0.15, 0.2) is 0 Å². The molecule has 0 bridgehead atoms. The van der Waals surface area contributed by atoms with E-state index in [1.807, 2.05) is 18.2 Å². The van der Waals surface area contributed by atoms with E-state index in [2.05, 4.69) is 6.92 Å². The van der Waals surface area contributed by atoms with Crippen LogP contribution in [0.1, 0.15) is 16.1 Å². The summed E-state index contributed by atoms with van der Waals surface area (Å²) in [7, 11) is 0. The van der Waals surface area contributed by atoms with Crippen molar-refractivity contribution in [3.8, 4) is 0 Å². The minimum atomic E-state index is -0.166. The molecule has 0 heterocycles. The first-order chi connectivity index (χ1) is 4.77. The monoisotopic (exact) mass is 110 g/mol. The van der Waals surface area contributed by atoms with Crippen molar-refractivity contribution in [2.45, 2.75) is 13.3 Å². The van der Waals surface area contributed by atoms with Crippen LogP contribution in [0, 0.1) is 0 Å². The maximum atomic E-state index is 6.71. The molecule has 0 rings (SSSR count). The van der Waals surface area contributed by atoms with Gasteiger partial charge in [0.1, 0.15) is 0 Å². The molecule has 0 aliphatic rings. The molecule has 0 unspecified atom stereocenters. The molecule has 44 valence electrons. The molecule has 0 aromatic rings. The minimum absolute atomic E-state index is 0.166. The maximum absolute atomic E-state index is 6.71. The van der Waals surface area contributed by atoms with Crippen molar-refractivity contribution in [3.63, 3.8) is 0 Å². The van der Waals surface area contributed by atoms with Crippen molar-refractivity contribution < 1.29 is 2.74 Å². The first-order valence-corrected chi connectivity index (χ1v) is 2.74. The van der Waals surface area contributed by atoms with Gasteiger partial charge in [-0.2, -0.15) is 0 Å². The van der Waals surface area contributed by atoms with E-state index in [1.54, 1.807) is 6.08 Å². The van der Waals surface area contributed by atoms with Crippen molar-refractivity contribution >= 4 is 0 Å². The van der Waals surface area contributed by atoms with Crippen LogP contribution in [0.4, 0.5) is 0 Å². The van der Waals surface area contributed by atoms with Gasteiger partial charge in [0, 0.05) is 0 Å². The molecule has 0 atom stereocenters. The summed E-state index contributed by atoms with van der Waals surface area (Å²) in [6.45, 7) is 1.89. The van der Waals surface area contributed by atoms with E-state index in [1.165, 1.54) is 6.08 Å². The summed E-state index contributed by atoms with van der Waals surface area (Å²) in [5, 5.41) is 0. The Morgan fingerprint density at radius 1 is 1.50 bits per heavy atom. The lowest BCUT2D eigenvalue weighted by atomic mass is 10.4. The van der Waals surface area contributed by atoms with Crippen LogP contribution in [-0.2, 0) is 0 Å². The standard InChI is InChI=1S/C8H12/c1-3-5-7-8-6-4-2/h3,5-8H,1,4H2,2H3/i1D2. The second kappa shape index (κ2) is 6.22. The molecule has 0 saturated heterocycles. The molecule has 0 nitrogen and oxygen atoms in total. The first-order valence-electron chi connectivity index (χ1n) is 3.74. The summed E-state index contributed by atoms with van der Waals surface area (Å²) in [6.07, 6.45) is 9.86. The highest BCUT2D eigenvalue weighted by Crippen LogP contribution is 1.80. The van der Waals surface area contributed by atoms with Crippen LogP contribution >= 0.6 is 0 Å². The van der Waals surface area contributed by atoms with Crippen LogP contribution in [0.25, 0.3) is 0 Å². The van der Waals surface area contributed by atoms with Crippen molar-refractivity contribution in [3.05, 3.63) is 36.9 Å². The Morgan fingerprint density at radius 2 is 2.38 bits per heavy atom. The zero-order chi connectivity index (χ0) is 7.82. The molecule has 0 aromatic heterocycles. The Hall–Kier alpha value is -0.780. The van der Waals surface area contributed by atoms with E-state index in [9.17, 15) is 0 Å². The van der Waals surface area contributed by atoms with Gasteiger partial charge in [-0.3, -0.25) is 0 Å². The highest BCUT2D eigenvalue weighted by Gasteiger charge is 1.59. The topological polar surface area (TPSA) is 0 Å². The molecule has 0 heteroatoms. The Balaban J connectivity index is 3.57. The van der Waals surface area contributed by atoms with E-state index in [0.29, 0.717) is 0 Å². The highest BCUT2D eigenvalue weighted by molar-refractivity contribution is 5.08. The van der Waals surface area contributed by atoms with Crippen LogP contribution in [0.15, 0.2) is 36.9 Å². The lowest BCUT2D eigenvalue weighted by Gasteiger charge is -1.71. The second-order valence-corrected chi connectivity index (χ2v) is 1.39. The van der Waals surface area contributed by atoms with Gasteiger partial charge in [-0.25, -0.2) is 0 Å². The Kier molecular flexibility index (Phi) is 3.21. The third kappa shape index (κ3) is 5.22. The van der Waals surface area contributed by atoms with Gasteiger partial charge in [0.05, 0.1) is 2.74 Å².